The van der Waals surface area contributed by atoms with Gasteiger partial charge in [0.2, 0.25) is 0 Å². The van der Waals surface area contributed by atoms with E-state index in [2.05, 4.69) is 29.2 Å². The number of halogens is 1. The molecule has 1 unspecified atom stereocenters. The molecule has 0 radical (unpaired) electrons. The zero-order valence-corrected chi connectivity index (χ0v) is 14.1. The summed E-state index contributed by atoms with van der Waals surface area (Å²) in [6.07, 6.45) is 2.49. The first kappa shape index (κ1) is 16.1. The Morgan fingerprint density at radius 3 is 2.91 bits per heavy atom. The van der Waals surface area contributed by atoms with Crippen molar-refractivity contribution in [2.45, 2.75) is 31.8 Å². The molecule has 0 saturated heterocycles. The van der Waals surface area contributed by atoms with Crippen molar-refractivity contribution in [2.24, 2.45) is 0 Å². The molecular formula is C17H20FN3OS. The molecule has 1 aromatic carbocycles. The molecule has 3 rings (SSSR count). The smallest absolute Gasteiger partial charge is 0.270 e. The summed E-state index contributed by atoms with van der Waals surface area (Å²) < 4.78 is 13.8. The fourth-order valence-corrected chi connectivity index (χ4v) is 3.28. The second-order valence-corrected chi connectivity index (χ2v) is 6.83. The number of thiazole rings is 1. The quantitative estimate of drug-likeness (QED) is 0.883. The van der Waals surface area contributed by atoms with E-state index in [1.165, 1.54) is 30.2 Å². The molecule has 6 heteroatoms. The summed E-state index contributed by atoms with van der Waals surface area (Å²) in [7, 11) is 2.09. The molecule has 1 atom stereocenters. The van der Waals surface area contributed by atoms with Crippen LogP contribution in [-0.4, -0.2) is 41.5 Å². The van der Waals surface area contributed by atoms with Crippen molar-refractivity contribution in [3.8, 4) is 10.6 Å². The van der Waals surface area contributed by atoms with Crippen molar-refractivity contribution >= 4 is 17.2 Å². The normalized spacial score (nSPS) is 15.7. The molecule has 0 aliphatic heterocycles. The van der Waals surface area contributed by atoms with Crippen LogP contribution in [0.4, 0.5) is 4.39 Å². The molecule has 0 bridgehead atoms. The first-order valence-electron chi connectivity index (χ1n) is 7.77. The fourth-order valence-electron chi connectivity index (χ4n) is 2.45. The van der Waals surface area contributed by atoms with E-state index in [-0.39, 0.29) is 17.8 Å². The van der Waals surface area contributed by atoms with Gasteiger partial charge in [-0.1, -0.05) is 12.1 Å². The number of carbonyl (C=O) groups excluding carboxylic acids is 1. The minimum Gasteiger partial charge on any atom is -0.349 e. The average molecular weight is 333 g/mol. The molecule has 0 spiro atoms. The molecule has 1 fully saturated rings. The molecule has 1 heterocycles. The highest BCUT2D eigenvalue weighted by molar-refractivity contribution is 7.13. The third-order valence-electron chi connectivity index (χ3n) is 4.22. The first-order chi connectivity index (χ1) is 11.1. The number of aromatic nitrogens is 1. The number of carbonyl (C=O) groups is 1. The van der Waals surface area contributed by atoms with E-state index < -0.39 is 0 Å². The van der Waals surface area contributed by atoms with E-state index in [9.17, 15) is 9.18 Å². The number of hydrogen-bond acceptors (Lipinski definition) is 4. The Kier molecular flexibility index (Phi) is 4.73. The van der Waals surface area contributed by atoms with Crippen LogP contribution < -0.4 is 5.32 Å². The largest absolute Gasteiger partial charge is 0.349 e. The maximum Gasteiger partial charge on any atom is 0.270 e. The van der Waals surface area contributed by atoms with Crippen molar-refractivity contribution in [1.82, 2.24) is 15.2 Å². The molecule has 1 amide bonds. The van der Waals surface area contributed by atoms with Gasteiger partial charge in [0.1, 0.15) is 16.5 Å². The minimum atomic E-state index is -0.325. The lowest BCUT2D eigenvalue weighted by Gasteiger charge is -2.24. The molecule has 122 valence electrons. The number of nitrogens with one attached hydrogen (secondary N) is 1. The lowest BCUT2D eigenvalue weighted by Crippen LogP contribution is -2.41. The Balaban J connectivity index is 1.61. The Hall–Kier alpha value is -1.79. The second kappa shape index (κ2) is 6.76. The highest BCUT2D eigenvalue weighted by Gasteiger charge is 2.29. The van der Waals surface area contributed by atoms with Gasteiger partial charge in [0.05, 0.1) is 0 Å². The third kappa shape index (κ3) is 3.76. The molecule has 1 N–H and O–H groups in total. The molecule has 1 saturated carbocycles. The number of likely N-dealkylation sites (N-methyl/N-ethyl adjacent to an activating group) is 1. The average Bonchev–Trinajstić information content (AvgIpc) is 3.29. The van der Waals surface area contributed by atoms with Gasteiger partial charge in [-0.3, -0.25) is 9.69 Å². The maximum atomic E-state index is 13.8. The van der Waals surface area contributed by atoms with Crippen LogP contribution in [0.1, 0.15) is 30.3 Å². The van der Waals surface area contributed by atoms with Crippen LogP contribution in [0.5, 0.6) is 0 Å². The van der Waals surface area contributed by atoms with Crippen LogP contribution in [0.15, 0.2) is 29.6 Å². The van der Waals surface area contributed by atoms with E-state index in [1.807, 2.05) is 0 Å². The highest BCUT2D eigenvalue weighted by Crippen LogP contribution is 2.27. The summed E-state index contributed by atoms with van der Waals surface area (Å²) in [4.78, 5) is 18.8. The van der Waals surface area contributed by atoms with Gasteiger partial charge in [-0.2, -0.15) is 0 Å². The van der Waals surface area contributed by atoms with E-state index in [1.54, 1.807) is 23.6 Å². The number of amides is 1. The van der Waals surface area contributed by atoms with Crippen molar-refractivity contribution in [2.75, 3.05) is 13.6 Å². The maximum absolute atomic E-state index is 13.8. The number of nitrogens with zero attached hydrogens (tertiary/aromatic N) is 2. The summed E-state index contributed by atoms with van der Waals surface area (Å²) >= 11 is 1.28. The standard InChI is InChI=1S/C17H20FN3OS/c1-11(21(2)12-7-8-12)9-19-16(22)15-10-23-17(20-15)13-5-3-4-6-14(13)18/h3-6,10-12H,7-9H2,1-2H3,(H,19,22). The van der Waals surface area contributed by atoms with Crippen LogP contribution in [0, 0.1) is 5.82 Å². The van der Waals surface area contributed by atoms with Gasteiger partial charge in [-0.05, 0) is 38.9 Å². The third-order valence-corrected chi connectivity index (χ3v) is 5.09. The van der Waals surface area contributed by atoms with Gasteiger partial charge in [0, 0.05) is 29.6 Å². The second-order valence-electron chi connectivity index (χ2n) is 5.97. The van der Waals surface area contributed by atoms with Crippen LogP contribution in [0.3, 0.4) is 0 Å². The number of benzene rings is 1. The lowest BCUT2D eigenvalue weighted by atomic mass is 10.2. The predicted octanol–water partition coefficient (Wildman–Crippen LogP) is 3.16. The van der Waals surface area contributed by atoms with Gasteiger partial charge >= 0.3 is 0 Å². The van der Waals surface area contributed by atoms with Crippen LogP contribution in [0.25, 0.3) is 10.6 Å². The molecule has 1 aliphatic carbocycles. The van der Waals surface area contributed by atoms with Crippen molar-refractivity contribution in [1.29, 1.82) is 0 Å². The first-order valence-corrected chi connectivity index (χ1v) is 8.65. The van der Waals surface area contributed by atoms with E-state index >= 15 is 0 Å². The summed E-state index contributed by atoms with van der Waals surface area (Å²) in [5, 5.41) is 5.11. The molecule has 2 aromatic rings. The number of rotatable bonds is 6. The molecule has 1 aliphatic rings. The topological polar surface area (TPSA) is 45.2 Å². The Labute approximate surface area is 139 Å². The highest BCUT2D eigenvalue weighted by atomic mass is 32.1. The predicted molar refractivity (Wildman–Crippen MR) is 90.1 cm³/mol. The SMILES string of the molecule is CC(CNC(=O)c1csc(-c2ccccc2F)n1)N(C)C1CC1. The summed E-state index contributed by atoms with van der Waals surface area (Å²) in [6, 6.07) is 7.41. The Morgan fingerprint density at radius 2 is 2.22 bits per heavy atom. The Morgan fingerprint density at radius 1 is 1.48 bits per heavy atom. The van der Waals surface area contributed by atoms with E-state index in [0.717, 1.165) is 0 Å². The van der Waals surface area contributed by atoms with Crippen molar-refractivity contribution in [3.63, 3.8) is 0 Å². The van der Waals surface area contributed by atoms with Crippen molar-refractivity contribution < 1.29 is 9.18 Å². The molecule has 4 nitrogen and oxygen atoms in total. The van der Waals surface area contributed by atoms with Crippen molar-refractivity contribution in [3.05, 3.63) is 41.2 Å². The molecular weight excluding hydrogens is 313 g/mol. The van der Waals surface area contributed by atoms with Gasteiger partial charge in [-0.25, -0.2) is 9.37 Å². The number of hydrogen-bond donors (Lipinski definition) is 1. The van der Waals surface area contributed by atoms with Crippen LogP contribution in [0.2, 0.25) is 0 Å². The zero-order valence-electron chi connectivity index (χ0n) is 13.3. The lowest BCUT2D eigenvalue weighted by molar-refractivity contribution is 0.0935. The summed E-state index contributed by atoms with van der Waals surface area (Å²) in [5.41, 5.74) is 0.771. The summed E-state index contributed by atoms with van der Waals surface area (Å²) in [6.45, 7) is 2.68. The minimum absolute atomic E-state index is 0.208. The van der Waals surface area contributed by atoms with E-state index in [0.29, 0.717) is 28.9 Å². The molecule has 23 heavy (non-hydrogen) atoms. The van der Waals surface area contributed by atoms with Crippen LogP contribution in [-0.2, 0) is 0 Å². The summed E-state index contributed by atoms with van der Waals surface area (Å²) in [5.74, 6) is -0.534. The van der Waals surface area contributed by atoms with Gasteiger partial charge in [0.15, 0.2) is 0 Å². The van der Waals surface area contributed by atoms with Gasteiger partial charge < -0.3 is 5.32 Å². The fraction of sp³-hybridized carbons (Fsp3) is 0.412. The monoisotopic (exact) mass is 333 g/mol. The Bertz CT molecular complexity index is 699. The zero-order chi connectivity index (χ0) is 16.4. The molecule has 1 aromatic heterocycles. The van der Waals surface area contributed by atoms with Crippen LogP contribution >= 0.6 is 11.3 Å². The van der Waals surface area contributed by atoms with Gasteiger partial charge in [-0.15, -0.1) is 11.3 Å². The van der Waals surface area contributed by atoms with E-state index in [4.69, 9.17) is 0 Å². The van der Waals surface area contributed by atoms with Gasteiger partial charge in [0.25, 0.3) is 5.91 Å².